The highest BCUT2D eigenvalue weighted by Crippen LogP contribution is 2.26. The average Bonchev–Trinajstić information content (AvgIpc) is 2.39. The molecule has 0 aromatic heterocycles. The van der Waals surface area contributed by atoms with Gasteiger partial charge in [-0.1, -0.05) is 44.2 Å². The van der Waals surface area contributed by atoms with Gasteiger partial charge in [0.25, 0.3) is 0 Å². The Bertz CT molecular complexity index is 508. The molecule has 0 heterocycles. The maximum Gasteiger partial charge on any atom is 0.240 e. The van der Waals surface area contributed by atoms with Crippen molar-refractivity contribution >= 4 is 15.7 Å². The van der Waals surface area contributed by atoms with E-state index in [0.717, 1.165) is 18.9 Å². The van der Waals surface area contributed by atoms with Crippen LogP contribution in [-0.4, -0.2) is 15.0 Å². The molecule has 0 atom stereocenters. The van der Waals surface area contributed by atoms with Crippen LogP contribution in [-0.2, 0) is 10.0 Å². The molecule has 5 heteroatoms. The van der Waals surface area contributed by atoms with Crippen molar-refractivity contribution in [2.45, 2.75) is 43.4 Å². The van der Waals surface area contributed by atoms with Gasteiger partial charge in [-0.2, -0.15) is 0 Å². The van der Waals surface area contributed by atoms with Crippen LogP contribution in [0, 0.1) is 5.92 Å². The molecule has 1 aromatic carbocycles. The van der Waals surface area contributed by atoms with Gasteiger partial charge in [0.1, 0.15) is 4.90 Å². The second-order valence-electron chi connectivity index (χ2n) is 5.26. The predicted octanol–water partition coefficient (Wildman–Crippen LogP) is 2.72. The third kappa shape index (κ3) is 4.21. The average molecular weight is 282 g/mol. The van der Waals surface area contributed by atoms with Gasteiger partial charge in [0.2, 0.25) is 10.0 Å². The lowest BCUT2D eigenvalue weighted by Gasteiger charge is -2.22. The van der Waals surface area contributed by atoms with Gasteiger partial charge < -0.3 is 5.32 Å². The van der Waals surface area contributed by atoms with Crippen molar-refractivity contribution in [2.75, 3.05) is 11.9 Å². The first-order valence-electron chi connectivity index (χ1n) is 6.93. The van der Waals surface area contributed by atoms with Crippen LogP contribution in [0.15, 0.2) is 29.2 Å². The Morgan fingerprint density at radius 2 is 1.84 bits per heavy atom. The van der Waals surface area contributed by atoms with Crippen LogP contribution >= 0.6 is 0 Å². The fourth-order valence-corrected chi connectivity index (χ4v) is 3.46. The van der Waals surface area contributed by atoms with Crippen molar-refractivity contribution in [1.29, 1.82) is 0 Å². The molecule has 0 amide bonds. The van der Waals surface area contributed by atoms with Gasteiger partial charge in [-0.05, 0) is 24.5 Å². The maximum absolute atomic E-state index is 11.5. The van der Waals surface area contributed by atoms with E-state index in [2.05, 4.69) is 5.32 Å². The van der Waals surface area contributed by atoms with Crippen LogP contribution < -0.4 is 10.5 Å². The summed E-state index contributed by atoms with van der Waals surface area (Å²) in [5, 5.41) is 8.41. The predicted molar refractivity (Wildman–Crippen MR) is 77.5 cm³/mol. The summed E-state index contributed by atoms with van der Waals surface area (Å²) in [6, 6.07) is 6.81. The molecule has 106 valence electrons. The molecule has 2 rings (SSSR count). The van der Waals surface area contributed by atoms with Crippen LogP contribution in [0.1, 0.15) is 38.5 Å². The topological polar surface area (TPSA) is 72.2 Å². The third-order valence-electron chi connectivity index (χ3n) is 3.79. The summed E-state index contributed by atoms with van der Waals surface area (Å²) in [7, 11) is -3.65. The maximum atomic E-state index is 11.5. The summed E-state index contributed by atoms with van der Waals surface area (Å²) in [4.78, 5) is 0.179. The molecule has 3 N–H and O–H groups in total. The molecule has 0 bridgehead atoms. The number of sulfonamides is 1. The van der Waals surface area contributed by atoms with Gasteiger partial charge in [0.05, 0.1) is 5.69 Å². The number of hydrogen-bond acceptors (Lipinski definition) is 3. The zero-order chi connectivity index (χ0) is 13.7. The molecule has 0 aliphatic heterocycles. The molecule has 1 aromatic rings. The molecule has 0 spiro atoms. The summed E-state index contributed by atoms with van der Waals surface area (Å²) >= 11 is 0. The fraction of sp³-hybridized carbons (Fsp3) is 0.571. The lowest BCUT2D eigenvalue weighted by Crippen LogP contribution is -2.17. The Kier molecular flexibility index (Phi) is 4.82. The summed E-state index contributed by atoms with van der Waals surface area (Å²) in [6.45, 7) is 0.803. The van der Waals surface area contributed by atoms with E-state index in [1.807, 2.05) is 6.07 Å². The van der Waals surface area contributed by atoms with Crippen molar-refractivity contribution in [3.8, 4) is 0 Å². The Balaban J connectivity index is 1.92. The number of benzene rings is 1. The summed E-state index contributed by atoms with van der Waals surface area (Å²) in [5.74, 6) is 0.780. The number of rotatable bonds is 5. The standard InChI is InChI=1S/C14H22N2O2S/c15-19(17,18)14-9-5-4-8-13(14)16-11-10-12-6-2-1-3-7-12/h4-5,8-9,12,16H,1-3,6-7,10-11H2,(H2,15,17,18). The van der Waals surface area contributed by atoms with Crippen molar-refractivity contribution in [1.82, 2.24) is 0 Å². The second kappa shape index (κ2) is 6.39. The van der Waals surface area contributed by atoms with Crippen LogP contribution in [0.5, 0.6) is 0 Å². The molecule has 1 fully saturated rings. The first kappa shape index (κ1) is 14.3. The highest BCUT2D eigenvalue weighted by atomic mass is 32.2. The molecular weight excluding hydrogens is 260 g/mol. The Morgan fingerprint density at radius 3 is 2.53 bits per heavy atom. The van der Waals surface area contributed by atoms with Crippen molar-refractivity contribution in [3.05, 3.63) is 24.3 Å². The minimum absolute atomic E-state index is 0.179. The molecule has 0 radical (unpaired) electrons. The molecule has 4 nitrogen and oxygen atoms in total. The largest absolute Gasteiger partial charge is 0.384 e. The molecule has 0 unspecified atom stereocenters. The van der Waals surface area contributed by atoms with Crippen LogP contribution in [0.3, 0.4) is 0 Å². The first-order valence-corrected chi connectivity index (χ1v) is 8.48. The summed E-state index contributed by atoms with van der Waals surface area (Å²) < 4.78 is 22.9. The smallest absolute Gasteiger partial charge is 0.240 e. The van der Waals surface area contributed by atoms with E-state index in [-0.39, 0.29) is 4.90 Å². The van der Waals surface area contributed by atoms with Gasteiger partial charge >= 0.3 is 0 Å². The normalized spacial score (nSPS) is 17.3. The molecule has 19 heavy (non-hydrogen) atoms. The van der Waals surface area contributed by atoms with Gasteiger partial charge in [-0.15, -0.1) is 0 Å². The van der Waals surface area contributed by atoms with Gasteiger partial charge in [-0.25, -0.2) is 13.6 Å². The Morgan fingerprint density at radius 1 is 1.16 bits per heavy atom. The highest BCUT2D eigenvalue weighted by molar-refractivity contribution is 7.89. The zero-order valence-corrected chi connectivity index (χ0v) is 12.0. The minimum atomic E-state index is -3.65. The van der Waals surface area contributed by atoms with Crippen molar-refractivity contribution in [3.63, 3.8) is 0 Å². The molecule has 1 saturated carbocycles. The van der Waals surface area contributed by atoms with E-state index in [1.165, 1.54) is 38.2 Å². The van der Waals surface area contributed by atoms with Crippen LogP contribution in [0.25, 0.3) is 0 Å². The third-order valence-corrected chi connectivity index (χ3v) is 4.76. The number of primary sulfonamides is 1. The number of nitrogens with two attached hydrogens (primary N) is 1. The monoisotopic (exact) mass is 282 g/mol. The van der Waals surface area contributed by atoms with E-state index < -0.39 is 10.0 Å². The zero-order valence-electron chi connectivity index (χ0n) is 11.1. The van der Waals surface area contributed by atoms with E-state index >= 15 is 0 Å². The van der Waals surface area contributed by atoms with Crippen molar-refractivity contribution in [2.24, 2.45) is 11.1 Å². The lowest BCUT2D eigenvalue weighted by molar-refractivity contribution is 0.345. The van der Waals surface area contributed by atoms with Crippen LogP contribution in [0.4, 0.5) is 5.69 Å². The Labute approximate surface area is 115 Å². The van der Waals surface area contributed by atoms with E-state index in [4.69, 9.17) is 5.14 Å². The number of nitrogens with one attached hydrogen (secondary N) is 1. The SMILES string of the molecule is NS(=O)(=O)c1ccccc1NCCC1CCCCC1. The van der Waals surface area contributed by atoms with E-state index in [9.17, 15) is 8.42 Å². The van der Waals surface area contributed by atoms with Crippen molar-refractivity contribution < 1.29 is 8.42 Å². The summed E-state index contributed by atoms with van der Waals surface area (Å²) in [6.07, 6.45) is 7.73. The van der Waals surface area contributed by atoms with Gasteiger partial charge in [-0.3, -0.25) is 0 Å². The van der Waals surface area contributed by atoms with Gasteiger partial charge in [0.15, 0.2) is 0 Å². The molecule has 1 aliphatic carbocycles. The highest BCUT2D eigenvalue weighted by Gasteiger charge is 2.15. The molecule has 0 saturated heterocycles. The summed E-state index contributed by atoms with van der Waals surface area (Å²) in [5.41, 5.74) is 0.612. The second-order valence-corrected chi connectivity index (χ2v) is 6.79. The van der Waals surface area contributed by atoms with E-state index in [0.29, 0.717) is 5.69 Å². The quantitative estimate of drug-likeness (QED) is 0.872. The van der Waals surface area contributed by atoms with Gasteiger partial charge in [0, 0.05) is 6.54 Å². The first-order chi connectivity index (χ1) is 9.07. The van der Waals surface area contributed by atoms with Crippen LogP contribution in [0.2, 0.25) is 0 Å². The molecule has 1 aliphatic rings. The van der Waals surface area contributed by atoms with E-state index in [1.54, 1.807) is 12.1 Å². The number of hydrogen-bond donors (Lipinski definition) is 2. The minimum Gasteiger partial charge on any atom is -0.384 e. The number of anilines is 1. The fourth-order valence-electron chi connectivity index (χ4n) is 2.75. The number of para-hydroxylation sites is 1. The molecular formula is C14H22N2O2S. The lowest BCUT2D eigenvalue weighted by atomic mass is 9.87. The Hall–Kier alpha value is -1.07.